The van der Waals surface area contributed by atoms with Crippen molar-refractivity contribution in [2.45, 2.75) is 51.6 Å². The van der Waals surface area contributed by atoms with Crippen LogP contribution in [-0.4, -0.2) is 59.8 Å². The second-order valence-electron chi connectivity index (χ2n) is 10.1. The summed E-state index contributed by atoms with van der Waals surface area (Å²) < 4.78 is 16.2. The summed E-state index contributed by atoms with van der Waals surface area (Å²) in [6, 6.07) is 7.06. The lowest BCUT2D eigenvalue weighted by Gasteiger charge is -2.38. The van der Waals surface area contributed by atoms with Gasteiger partial charge in [-0.1, -0.05) is 6.07 Å². The number of aliphatic hydroxyl groups excluding tert-OH is 1. The van der Waals surface area contributed by atoms with Crippen LogP contribution in [0.3, 0.4) is 0 Å². The van der Waals surface area contributed by atoms with Crippen molar-refractivity contribution in [1.29, 1.82) is 0 Å². The first-order valence-corrected chi connectivity index (χ1v) is 12.3. The van der Waals surface area contributed by atoms with Gasteiger partial charge in [0.15, 0.2) is 0 Å². The second-order valence-corrected chi connectivity index (χ2v) is 10.1. The van der Waals surface area contributed by atoms with Crippen LogP contribution < -0.4 is 4.90 Å². The molecule has 188 valence electrons. The van der Waals surface area contributed by atoms with Crippen LogP contribution in [0.4, 0.5) is 10.5 Å². The van der Waals surface area contributed by atoms with Gasteiger partial charge in [0.05, 0.1) is 29.5 Å². The Kier molecular flexibility index (Phi) is 5.31. The van der Waals surface area contributed by atoms with Crippen molar-refractivity contribution in [2.75, 3.05) is 31.1 Å². The Hall–Kier alpha value is -3.43. The highest BCUT2D eigenvalue weighted by Crippen LogP contribution is 2.39. The van der Waals surface area contributed by atoms with Crippen LogP contribution in [0.5, 0.6) is 0 Å². The van der Waals surface area contributed by atoms with E-state index >= 15 is 0 Å². The highest BCUT2D eigenvalue weighted by Gasteiger charge is 2.48. The number of fused-ring (bicyclic) bond motifs is 2. The number of rotatable bonds is 4. The van der Waals surface area contributed by atoms with Crippen molar-refractivity contribution in [3.8, 4) is 0 Å². The lowest BCUT2D eigenvalue weighted by molar-refractivity contribution is -0.00987. The highest BCUT2D eigenvalue weighted by molar-refractivity contribution is 5.97. The van der Waals surface area contributed by atoms with Gasteiger partial charge in [0.25, 0.3) is 0 Å². The van der Waals surface area contributed by atoms with Gasteiger partial charge in [-0.25, -0.2) is 14.4 Å². The first kappa shape index (κ1) is 23.0. The number of anilines is 1. The molecule has 9 heteroatoms. The Morgan fingerprint density at radius 3 is 2.19 bits per heavy atom. The average Bonchev–Trinajstić information content (AvgIpc) is 3.52. The molecule has 4 heterocycles. The molecule has 4 aliphatic heterocycles. The number of ether oxygens (including phenoxy) is 3. The van der Waals surface area contributed by atoms with Crippen molar-refractivity contribution < 1.29 is 33.7 Å². The molecule has 0 saturated carbocycles. The van der Waals surface area contributed by atoms with Crippen LogP contribution in [0.2, 0.25) is 0 Å². The van der Waals surface area contributed by atoms with E-state index in [-0.39, 0.29) is 31.2 Å². The zero-order valence-electron chi connectivity index (χ0n) is 20.3. The quantitative estimate of drug-likeness (QED) is 0.513. The molecule has 0 bridgehead atoms. The number of esters is 2. The molecule has 0 aromatic heterocycles. The highest BCUT2D eigenvalue weighted by atomic mass is 16.6. The molecule has 1 N–H and O–H groups in total. The molecule has 36 heavy (non-hydrogen) atoms. The number of piperidine rings is 1. The fraction of sp³-hybridized carbons (Fsp3) is 0.444. The summed E-state index contributed by atoms with van der Waals surface area (Å²) in [5.74, 6) is -0.640. The molecule has 2 saturated heterocycles. The molecule has 9 nitrogen and oxygen atoms in total. The molecule has 6 rings (SSSR count). The summed E-state index contributed by atoms with van der Waals surface area (Å²) >= 11 is 0. The summed E-state index contributed by atoms with van der Waals surface area (Å²) in [5, 5.41) is 11.0. The minimum absolute atomic E-state index is 0.228. The minimum atomic E-state index is -0.693. The third-order valence-electron chi connectivity index (χ3n) is 8.16. The number of amides is 1. The number of β-amino-alcohol motifs (C(OH)–C–C–N with tert-alkyl or cyclic N) is 1. The zero-order valence-corrected chi connectivity index (χ0v) is 20.3. The van der Waals surface area contributed by atoms with E-state index in [4.69, 9.17) is 14.2 Å². The molecule has 1 spiro atoms. The normalized spacial score (nSPS) is 21.3. The molecule has 1 amide bonds. The van der Waals surface area contributed by atoms with Crippen molar-refractivity contribution in [3.05, 3.63) is 63.2 Å². The third kappa shape index (κ3) is 3.57. The van der Waals surface area contributed by atoms with Gasteiger partial charge >= 0.3 is 18.0 Å². The molecule has 2 aromatic rings. The number of aliphatic hydroxyl groups is 1. The predicted molar refractivity (Wildman–Crippen MR) is 128 cm³/mol. The number of cyclic esters (lactones) is 2. The number of carbonyl (C=O) groups is 3. The maximum absolute atomic E-state index is 12.9. The predicted octanol–water partition coefficient (Wildman–Crippen LogP) is 3.17. The van der Waals surface area contributed by atoms with Gasteiger partial charge in [0.1, 0.15) is 18.8 Å². The van der Waals surface area contributed by atoms with Gasteiger partial charge in [-0.15, -0.1) is 0 Å². The fourth-order valence-corrected chi connectivity index (χ4v) is 5.91. The van der Waals surface area contributed by atoms with E-state index in [1.807, 2.05) is 19.9 Å². The molecule has 0 aliphatic carbocycles. The van der Waals surface area contributed by atoms with E-state index in [2.05, 4.69) is 4.90 Å². The topological polar surface area (TPSA) is 106 Å². The maximum atomic E-state index is 12.9. The fourth-order valence-electron chi connectivity index (χ4n) is 5.91. The molecular formula is C27H28N2O7. The van der Waals surface area contributed by atoms with Crippen molar-refractivity contribution in [2.24, 2.45) is 0 Å². The van der Waals surface area contributed by atoms with Crippen molar-refractivity contribution >= 4 is 23.7 Å². The van der Waals surface area contributed by atoms with Gasteiger partial charge in [-0.2, -0.15) is 0 Å². The van der Waals surface area contributed by atoms with E-state index in [0.717, 1.165) is 33.5 Å². The van der Waals surface area contributed by atoms with E-state index < -0.39 is 11.7 Å². The summed E-state index contributed by atoms with van der Waals surface area (Å²) in [6.45, 7) is 6.59. The Morgan fingerprint density at radius 1 is 0.917 bits per heavy atom. The molecule has 2 fully saturated rings. The minimum Gasteiger partial charge on any atom is -0.457 e. The summed E-state index contributed by atoms with van der Waals surface area (Å²) in [5.41, 5.74) is 5.56. The molecular weight excluding hydrogens is 464 g/mol. The monoisotopic (exact) mass is 492 g/mol. The van der Waals surface area contributed by atoms with E-state index in [1.165, 1.54) is 0 Å². The van der Waals surface area contributed by atoms with Crippen LogP contribution >= 0.6 is 0 Å². The molecule has 0 radical (unpaired) electrons. The van der Waals surface area contributed by atoms with Gasteiger partial charge in [0, 0.05) is 43.6 Å². The summed E-state index contributed by atoms with van der Waals surface area (Å²) in [7, 11) is 0. The number of nitrogens with zero attached hydrogens (tertiary/aromatic N) is 2. The lowest BCUT2D eigenvalue weighted by Crippen LogP contribution is -2.47. The van der Waals surface area contributed by atoms with Gasteiger partial charge in [-0.3, -0.25) is 4.90 Å². The largest absolute Gasteiger partial charge is 0.457 e. The van der Waals surface area contributed by atoms with E-state index in [0.29, 0.717) is 50.1 Å². The first-order valence-electron chi connectivity index (χ1n) is 12.3. The molecule has 4 aliphatic rings. The van der Waals surface area contributed by atoms with Crippen LogP contribution in [0.25, 0.3) is 0 Å². The van der Waals surface area contributed by atoms with Crippen LogP contribution in [0.15, 0.2) is 24.3 Å². The zero-order chi connectivity index (χ0) is 25.2. The lowest BCUT2D eigenvalue weighted by atomic mass is 9.90. The second kappa shape index (κ2) is 8.31. The number of hydrogen-bond donors (Lipinski definition) is 1. The third-order valence-corrected chi connectivity index (χ3v) is 8.16. The van der Waals surface area contributed by atoms with Gasteiger partial charge in [0.2, 0.25) is 0 Å². The number of hydrogen-bond acceptors (Lipinski definition) is 8. The number of benzene rings is 2. The molecule has 1 atom stereocenters. The van der Waals surface area contributed by atoms with E-state index in [9.17, 15) is 19.5 Å². The van der Waals surface area contributed by atoms with Crippen LogP contribution in [0, 0.1) is 13.8 Å². The Labute approximate surface area is 208 Å². The summed E-state index contributed by atoms with van der Waals surface area (Å²) in [6.07, 6.45) is 0.266. The Bertz CT molecular complexity index is 1300. The Balaban J connectivity index is 1.12. The molecule has 2 aromatic carbocycles. The van der Waals surface area contributed by atoms with Crippen molar-refractivity contribution in [1.82, 2.24) is 4.90 Å². The smallest absolute Gasteiger partial charge is 0.415 e. The Morgan fingerprint density at radius 2 is 1.53 bits per heavy atom. The first-order chi connectivity index (χ1) is 17.3. The number of likely N-dealkylation sites (tertiary alicyclic amines) is 1. The number of carbonyl (C=O) groups excluding carboxylic acids is 3. The van der Waals surface area contributed by atoms with Crippen molar-refractivity contribution in [3.63, 3.8) is 0 Å². The van der Waals surface area contributed by atoms with Gasteiger partial charge in [-0.05, 0) is 48.7 Å². The standard InChI is InChI=1S/C27H28N2O7/c1-15-17(3-4-18-20(15)12-34-24(18)31)23(30)11-28-9-7-27(8-10-28)14-29(26(33)36-27)22-6-5-19-21(16(22)2)13-35-25(19)32/h3-6,23,30H,7-14H2,1-2H3/t23-/m0/s1. The van der Waals surface area contributed by atoms with Crippen LogP contribution in [0.1, 0.15) is 67.5 Å². The molecule has 0 unspecified atom stereocenters. The maximum Gasteiger partial charge on any atom is 0.415 e. The van der Waals surface area contributed by atoms with Gasteiger partial charge < -0.3 is 24.2 Å². The van der Waals surface area contributed by atoms with E-state index in [1.54, 1.807) is 23.1 Å². The summed E-state index contributed by atoms with van der Waals surface area (Å²) in [4.78, 5) is 40.4. The SMILES string of the molecule is Cc1c([C@@H](O)CN2CCC3(CC2)CN(c2ccc4c(c2C)COC4=O)C(=O)O3)ccc2c1COC2=O. The average molecular weight is 493 g/mol. The van der Waals surface area contributed by atoms with Crippen LogP contribution in [-0.2, 0) is 27.4 Å².